The summed E-state index contributed by atoms with van der Waals surface area (Å²) in [7, 11) is 0. The van der Waals surface area contributed by atoms with E-state index in [-0.39, 0.29) is 12.5 Å². The molecule has 0 atom stereocenters. The number of nitrogens with zero attached hydrogens (tertiary/aromatic N) is 2. The Bertz CT molecular complexity index is 791. The lowest BCUT2D eigenvalue weighted by Crippen LogP contribution is -2.40. The van der Waals surface area contributed by atoms with Gasteiger partial charge in [0.15, 0.2) is 0 Å². The van der Waals surface area contributed by atoms with Crippen molar-refractivity contribution >= 4 is 22.8 Å². The van der Waals surface area contributed by atoms with E-state index < -0.39 is 5.97 Å². The predicted octanol–water partition coefficient (Wildman–Crippen LogP) is 2.73. The van der Waals surface area contributed by atoms with E-state index in [1.54, 1.807) is 0 Å². The summed E-state index contributed by atoms with van der Waals surface area (Å²) in [5.41, 5.74) is 2.75. The highest BCUT2D eigenvalue weighted by Crippen LogP contribution is 2.26. The molecular formula is C18H24N4O3. The van der Waals surface area contributed by atoms with E-state index in [2.05, 4.69) is 14.9 Å². The summed E-state index contributed by atoms with van der Waals surface area (Å²) in [5.74, 6) is 1.28. The smallest absolute Gasteiger partial charge is 0.303 e. The first-order valence-corrected chi connectivity index (χ1v) is 8.60. The summed E-state index contributed by atoms with van der Waals surface area (Å²) < 4.78 is 6.14. The molecule has 1 saturated heterocycles. The zero-order valence-corrected chi connectivity index (χ0v) is 14.6. The third kappa shape index (κ3) is 4.10. The first-order chi connectivity index (χ1) is 11.9. The van der Waals surface area contributed by atoms with Gasteiger partial charge >= 0.3 is 5.97 Å². The quantitative estimate of drug-likeness (QED) is 0.572. The second kappa shape index (κ2) is 7.13. The van der Waals surface area contributed by atoms with Crippen LogP contribution in [0, 0.1) is 12.3 Å². The largest absolute Gasteiger partial charge is 0.490 e. The van der Waals surface area contributed by atoms with Gasteiger partial charge in [-0.05, 0) is 25.5 Å². The van der Waals surface area contributed by atoms with Crippen molar-refractivity contribution in [2.24, 2.45) is 0 Å². The summed E-state index contributed by atoms with van der Waals surface area (Å²) in [6.07, 6.45) is 2.41. The predicted molar refractivity (Wildman–Crippen MR) is 95.4 cm³/mol. The van der Waals surface area contributed by atoms with Crippen LogP contribution in [0.2, 0.25) is 0 Å². The molecule has 0 unspecified atom stereocenters. The molecule has 2 heterocycles. The molecule has 0 spiro atoms. The number of fused-ring (bicyclic) bond motifs is 1. The summed E-state index contributed by atoms with van der Waals surface area (Å²) in [6.45, 7) is 5.51. The maximum atomic E-state index is 10.7. The number of carbonyl (C=O) groups is 1. The Morgan fingerprint density at radius 3 is 2.80 bits per heavy atom. The summed E-state index contributed by atoms with van der Waals surface area (Å²) >= 11 is 0. The van der Waals surface area contributed by atoms with Crippen molar-refractivity contribution in [3.63, 3.8) is 0 Å². The van der Waals surface area contributed by atoms with Gasteiger partial charge in [0.05, 0.1) is 23.3 Å². The average molecular weight is 344 g/mol. The van der Waals surface area contributed by atoms with Crippen LogP contribution in [0.3, 0.4) is 0 Å². The number of aromatic amines is 1. The van der Waals surface area contributed by atoms with E-state index in [0.29, 0.717) is 18.1 Å². The van der Waals surface area contributed by atoms with Crippen molar-refractivity contribution in [2.45, 2.75) is 45.6 Å². The third-order valence-electron chi connectivity index (χ3n) is 4.59. The van der Waals surface area contributed by atoms with E-state index in [0.717, 1.165) is 48.3 Å². The number of ether oxygens (including phenoxy) is 1. The monoisotopic (exact) mass is 344 g/mol. The number of carboxylic acid groups (broad SMARTS) is 1. The molecule has 1 aromatic carbocycles. The molecule has 134 valence electrons. The zero-order valence-electron chi connectivity index (χ0n) is 14.6. The molecule has 7 nitrogen and oxygen atoms in total. The van der Waals surface area contributed by atoms with Crippen LogP contribution in [0.25, 0.3) is 11.0 Å². The molecule has 0 aliphatic carbocycles. The number of rotatable bonds is 5. The van der Waals surface area contributed by atoms with Crippen LogP contribution in [-0.2, 0) is 11.2 Å². The van der Waals surface area contributed by atoms with E-state index in [1.807, 2.05) is 26.0 Å². The van der Waals surface area contributed by atoms with Crippen molar-refractivity contribution in [2.75, 3.05) is 13.1 Å². The summed E-state index contributed by atoms with van der Waals surface area (Å²) in [4.78, 5) is 20.5. The lowest BCUT2D eigenvalue weighted by Gasteiger charge is -2.32. The fourth-order valence-electron chi connectivity index (χ4n) is 3.22. The number of H-pyrrole nitrogens is 1. The second-order valence-corrected chi connectivity index (χ2v) is 6.60. The standard InChI is InChI=1S/C18H24N4O3/c1-11-9-14(25-13-5-7-22(8-6-13)12(2)19)10-15-18(11)21-16(20-15)3-4-17(23)24/h9-10,13,19H,3-8H2,1-2H3,(H,20,21)(H,23,24). The Kier molecular flexibility index (Phi) is 4.92. The third-order valence-corrected chi connectivity index (χ3v) is 4.59. The maximum absolute atomic E-state index is 10.7. The number of likely N-dealkylation sites (tertiary alicyclic amines) is 1. The van der Waals surface area contributed by atoms with Crippen LogP contribution in [0.5, 0.6) is 5.75 Å². The van der Waals surface area contributed by atoms with E-state index in [4.69, 9.17) is 15.3 Å². The lowest BCUT2D eigenvalue weighted by atomic mass is 10.1. The number of piperidine rings is 1. The van der Waals surface area contributed by atoms with Gasteiger partial charge < -0.3 is 19.7 Å². The molecule has 3 rings (SSSR count). The molecule has 25 heavy (non-hydrogen) atoms. The van der Waals surface area contributed by atoms with Gasteiger partial charge in [0.25, 0.3) is 0 Å². The molecular weight excluding hydrogens is 320 g/mol. The fourth-order valence-corrected chi connectivity index (χ4v) is 3.22. The Morgan fingerprint density at radius 2 is 2.16 bits per heavy atom. The van der Waals surface area contributed by atoms with Crippen molar-refractivity contribution < 1.29 is 14.6 Å². The molecule has 1 fully saturated rings. The maximum Gasteiger partial charge on any atom is 0.303 e. The topological polar surface area (TPSA) is 102 Å². The lowest BCUT2D eigenvalue weighted by molar-refractivity contribution is -0.137. The van der Waals surface area contributed by atoms with Gasteiger partial charge in [-0.1, -0.05) is 0 Å². The van der Waals surface area contributed by atoms with Crippen LogP contribution >= 0.6 is 0 Å². The van der Waals surface area contributed by atoms with Crippen LogP contribution < -0.4 is 4.74 Å². The Morgan fingerprint density at radius 1 is 1.44 bits per heavy atom. The van der Waals surface area contributed by atoms with E-state index in [1.165, 1.54) is 0 Å². The van der Waals surface area contributed by atoms with Crippen molar-refractivity contribution in [3.05, 3.63) is 23.5 Å². The highest BCUT2D eigenvalue weighted by molar-refractivity contribution is 5.80. The normalized spacial score (nSPS) is 15.5. The minimum Gasteiger partial charge on any atom is -0.490 e. The molecule has 2 aromatic rings. The summed E-state index contributed by atoms with van der Waals surface area (Å²) in [6, 6.07) is 3.92. The molecule has 1 aliphatic heterocycles. The average Bonchev–Trinajstić information content (AvgIpc) is 2.97. The van der Waals surface area contributed by atoms with Gasteiger partial charge in [-0.25, -0.2) is 4.98 Å². The molecule has 1 aliphatic rings. The first kappa shape index (κ1) is 17.3. The highest BCUT2D eigenvalue weighted by Gasteiger charge is 2.21. The molecule has 1 aromatic heterocycles. The first-order valence-electron chi connectivity index (χ1n) is 8.60. The van der Waals surface area contributed by atoms with Gasteiger partial charge in [-0.2, -0.15) is 0 Å². The van der Waals surface area contributed by atoms with Crippen LogP contribution in [0.4, 0.5) is 0 Å². The number of aliphatic carboxylic acids is 1. The molecule has 0 bridgehead atoms. The van der Waals surface area contributed by atoms with Gasteiger partial charge in [0.1, 0.15) is 17.7 Å². The number of hydrogen-bond acceptors (Lipinski definition) is 4. The molecule has 0 amide bonds. The second-order valence-electron chi connectivity index (χ2n) is 6.60. The minimum absolute atomic E-state index is 0.0627. The van der Waals surface area contributed by atoms with E-state index >= 15 is 0 Å². The minimum atomic E-state index is -0.826. The Labute approximate surface area is 146 Å². The number of aromatic nitrogens is 2. The zero-order chi connectivity index (χ0) is 18.0. The number of aryl methyl sites for hydroxylation is 2. The van der Waals surface area contributed by atoms with Crippen LogP contribution in [-0.4, -0.2) is 51.0 Å². The number of benzene rings is 1. The van der Waals surface area contributed by atoms with Gasteiger partial charge in [-0.3, -0.25) is 10.2 Å². The molecule has 3 N–H and O–H groups in total. The van der Waals surface area contributed by atoms with E-state index in [9.17, 15) is 4.79 Å². The number of amidine groups is 1. The number of imidazole rings is 1. The molecule has 0 saturated carbocycles. The fraction of sp³-hybridized carbons (Fsp3) is 0.500. The SMILES string of the molecule is CC(=N)N1CCC(Oc2cc(C)c3nc(CCC(=O)O)[nH]c3c2)CC1. The molecule has 7 heteroatoms. The van der Waals surface area contributed by atoms with Crippen LogP contribution in [0.1, 0.15) is 37.6 Å². The highest BCUT2D eigenvalue weighted by atomic mass is 16.5. The van der Waals surface area contributed by atoms with Gasteiger partial charge in [-0.15, -0.1) is 0 Å². The van der Waals surface area contributed by atoms with Crippen molar-refractivity contribution in [1.29, 1.82) is 5.41 Å². The van der Waals surface area contributed by atoms with Gasteiger partial charge in [0, 0.05) is 38.4 Å². The van der Waals surface area contributed by atoms with Crippen molar-refractivity contribution in [3.8, 4) is 5.75 Å². The number of nitrogens with one attached hydrogen (secondary N) is 2. The summed E-state index contributed by atoms with van der Waals surface area (Å²) in [5, 5.41) is 16.5. The number of hydrogen-bond donors (Lipinski definition) is 3. The van der Waals surface area contributed by atoms with Gasteiger partial charge in [0.2, 0.25) is 0 Å². The Balaban J connectivity index is 1.70. The Hall–Kier alpha value is -2.57. The van der Waals surface area contributed by atoms with Crippen molar-refractivity contribution in [1.82, 2.24) is 14.9 Å². The van der Waals surface area contributed by atoms with Crippen LogP contribution in [0.15, 0.2) is 12.1 Å². The number of carboxylic acids is 1. The molecule has 0 radical (unpaired) electrons.